The molecule has 0 radical (unpaired) electrons. The highest BCUT2D eigenvalue weighted by Gasteiger charge is 2.35. The molecule has 0 unspecified atom stereocenters. The number of aryl methyl sites for hydroxylation is 1. The van der Waals surface area contributed by atoms with Crippen LogP contribution >= 0.6 is 0 Å². The maximum atomic E-state index is 12.3. The molecule has 1 aliphatic heterocycles. The predicted octanol–water partition coefficient (Wildman–Crippen LogP) is 2.10. The number of carbonyl (C=O) groups excluding carboxylic acids is 2. The van der Waals surface area contributed by atoms with E-state index in [1.807, 2.05) is 13.8 Å². The Bertz CT molecular complexity index is 627. The Morgan fingerprint density at radius 3 is 2.68 bits per heavy atom. The van der Waals surface area contributed by atoms with E-state index >= 15 is 0 Å². The molecule has 1 heterocycles. The third kappa shape index (κ3) is 3.24. The van der Waals surface area contributed by atoms with Crippen molar-refractivity contribution in [3.8, 4) is 0 Å². The number of nitrogens with one attached hydrogen (secondary N) is 1. The van der Waals surface area contributed by atoms with Crippen LogP contribution in [-0.4, -0.2) is 34.2 Å². The monoisotopic (exact) mass is 305 g/mol. The van der Waals surface area contributed by atoms with Gasteiger partial charge in [-0.05, 0) is 26.3 Å². The number of hydrogen-bond donors (Lipinski definition) is 1. The summed E-state index contributed by atoms with van der Waals surface area (Å²) in [7, 11) is 0. The number of nitro benzene ring substituents is 1. The van der Waals surface area contributed by atoms with Crippen LogP contribution in [-0.2, 0) is 9.59 Å². The fourth-order valence-electron chi connectivity index (χ4n) is 2.50. The highest BCUT2D eigenvalue weighted by Crippen LogP contribution is 2.25. The molecule has 1 aliphatic rings. The Labute approximate surface area is 128 Å². The predicted molar refractivity (Wildman–Crippen MR) is 81.4 cm³/mol. The van der Waals surface area contributed by atoms with Gasteiger partial charge in [0.05, 0.1) is 16.5 Å². The van der Waals surface area contributed by atoms with Gasteiger partial charge in [0.25, 0.3) is 5.69 Å². The van der Waals surface area contributed by atoms with Gasteiger partial charge in [0, 0.05) is 31.1 Å². The molecular weight excluding hydrogens is 286 g/mol. The molecule has 0 spiro atoms. The number of nitro groups is 1. The Kier molecular flexibility index (Phi) is 4.44. The SMILES string of the molecule is Cc1ccc([N+](=O)[O-])cc1NC(=O)[C@@H]1CC(=O)N(C(C)C)C1. The van der Waals surface area contributed by atoms with Crippen LogP contribution in [0.1, 0.15) is 25.8 Å². The summed E-state index contributed by atoms with van der Waals surface area (Å²) >= 11 is 0. The lowest BCUT2D eigenvalue weighted by atomic mass is 10.1. The minimum absolute atomic E-state index is 0.0362. The number of anilines is 1. The van der Waals surface area contributed by atoms with Crippen molar-refractivity contribution in [3.05, 3.63) is 33.9 Å². The molecule has 0 bridgehead atoms. The van der Waals surface area contributed by atoms with E-state index in [9.17, 15) is 19.7 Å². The summed E-state index contributed by atoms with van der Waals surface area (Å²) in [6, 6.07) is 4.38. The Balaban J connectivity index is 2.11. The second kappa shape index (κ2) is 6.13. The summed E-state index contributed by atoms with van der Waals surface area (Å²) in [5.74, 6) is -0.737. The van der Waals surface area contributed by atoms with Gasteiger partial charge in [-0.2, -0.15) is 0 Å². The average molecular weight is 305 g/mol. The summed E-state index contributed by atoms with van der Waals surface area (Å²) in [5.41, 5.74) is 1.07. The first-order valence-corrected chi connectivity index (χ1v) is 7.15. The molecule has 118 valence electrons. The molecule has 1 saturated heterocycles. The first-order chi connectivity index (χ1) is 10.3. The normalized spacial score (nSPS) is 17.9. The third-order valence-corrected chi connectivity index (χ3v) is 3.84. The molecule has 0 aromatic heterocycles. The first-order valence-electron chi connectivity index (χ1n) is 7.15. The zero-order chi connectivity index (χ0) is 16.4. The molecule has 7 heteroatoms. The smallest absolute Gasteiger partial charge is 0.271 e. The lowest BCUT2D eigenvalue weighted by Gasteiger charge is -2.20. The summed E-state index contributed by atoms with van der Waals surface area (Å²) in [4.78, 5) is 36.1. The van der Waals surface area contributed by atoms with Gasteiger partial charge in [-0.25, -0.2) is 0 Å². The molecule has 1 aromatic carbocycles. The van der Waals surface area contributed by atoms with E-state index < -0.39 is 10.8 Å². The van der Waals surface area contributed by atoms with Crippen molar-refractivity contribution >= 4 is 23.2 Å². The number of likely N-dealkylation sites (tertiary alicyclic amines) is 1. The van der Waals surface area contributed by atoms with E-state index in [0.29, 0.717) is 12.2 Å². The minimum Gasteiger partial charge on any atom is -0.339 e. The van der Waals surface area contributed by atoms with E-state index in [4.69, 9.17) is 0 Å². The molecule has 1 aromatic rings. The van der Waals surface area contributed by atoms with Crippen LogP contribution in [0, 0.1) is 23.0 Å². The van der Waals surface area contributed by atoms with Gasteiger partial charge < -0.3 is 10.2 Å². The van der Waals surface area contributed by atoms with E-state index in [-0.39, 0.29) is 30.0 Å². The van der Waals surface area contributed by atoms with E-state index in [1.165, 1.54) is 12.1 Å². The number of nitrogens with zero attached hydrogens (tertiary/aromatic N) is 2. The largest absolute Gasteiger partial charge is 0.339 e. The maximum Gasteiger partial charge on any atom is 0.271 e. The third-order valence-electron chi connectivity index (χ3n) is 3.84. The van der Waals surface area contributed by atoms with Gasteiger partial charge in [-0.1, -0.05) is 6.07 Å². The maximum absolute atomic E-state index is 12.3. The second-order valence-electron chi connectivity index (χ2n) is 5.79. The second-order valence-corrected chi connectivity index (χ2v) is 5.79. The topological polar surface area (TPSA) is 92.5 Å². The summed E-state index contributed by atoms with van der Waals surface area (Å²) in [6.45, 7) is 5.96. The van der Waals surface area contributed by atoms with Crippen LogP contribution in [0.15, 0.2) is 18.2 Å². The molecule has 0 saturated carbocycles. The summed E-state index contributed by atoms with van der Waals surface area (Å²) in [5, 5.41) is 13.5. The van der Waals surface area contributed by atoms with Crippen LogP contribution in [0.25, 0.3) is 0 Å². The van der Waals surface area contributed by atoms with Crippen molar-refractivity contribution in [2.45, 2.75) is 33.2 Å². The molecule has 1 fully saturated rings. The highest BCUT2D eigenvalue weighted by molar-refractivity contribution is 5.97. The van der Waals surface area contributed by atoms with Crippen LogP contribution < -0.4 is 5.32 Å². The van der Waals surface area contributed by atoms with Gasteiger partial charge in [-0.15, -0.1) is 0 Å². The number of rotatable bonds is 4. The first kappa shape index (κ1) is 15.9. The lowest BCUT2D eigenvalue weighted by Crippen LogP contribution is -2.33. The zero-order valence-electron chi connectivity index (χ0n) is 12.8. The van der Waals surface area contributed by atoms with Crippen molar-refractivity contribution in [1.82, 2.24) is 4.90 Å². The van der Waals surface area contributed by atoms with Crippen molar-refractivity contribution in [2.75, 3.05) is 11.9 Å². The van der Waals surface area contributed by atoms with E-state index in [1.54, 1.807) is 17.9 Å². The Hall–Kier alpha value is -2.44. The standard InChI is InChI=1S/C15H19N3O4/c1-9(2)17-8-11(6-14(17)19)15(20)16-13-7-12(18(21)22)5-4-10(13)3/h4-5,7,9,11H,6,8H2,1-3H3,(H,16,20)/t11-/m1/s1. The molecule has 22 heavy (non-hydrogen) atoms. The molecule has 0 aliphatic carbocycles. The van der Waals surface area contributed by atoms with Gasteiger partial charge >= 0.3 is 0 Å². The van der Waals surface area contributed by atoms with Crippen molar-refractivity contribution in [2.24, 2.45) is 5.92 Å². The van der Waals surface area contributed by atoms with Gasteiger partial charge in [0.2, 0.25) is 11.8 Å². The van der Waals surface area contributed by atoms with Crippen LogP contribution in [0.5, 0.6) is 0 Å². The Morgan fingerprint density at radius 1 is 1.45 bits per heavy atom. The number of benzene rings is 1. The van der Waals surface area contributed by atoms with Crippen molar-refractivity contribution < 1.29 is 14.5 Å². The molecule has 7 nitrogen and oxygen atoms in total. The summed E-state index contributed by atoms with van der Waals surface area (Å²) in [6.07, 6.45) is 0.179. The zero-order valence-corrected chi connectivity index (χ0v) is 12.8. The number of carbonyl (C=O) groups is 2. The van der Waals surface area contributed by atoms with Gasteiger partial charge in [-0.3, -0.25) is 19.7 Å². The van der Waals surface area contributed by atoms with E-state index in [0.717, 1.165) is 5.56 Å². The molecule has 2 amide bonds. The minimum atomic E-state index is -0.505. The molecule has 2 rings (SSSR count). The van der Waals surface area contributed by atoms with Crippen molar-refractivity contribution in [1.29, 1.82) is 0 Å². The van der Waals surface area contributed by atoms with E-state index in [2.05, 4.69) is 5.32 Å². The number of amides is 2. The van der Waals surface area contributed by atoms with Crippen LogP contribution in [0.3, 0.4) is 0 Å². The van der Waals surface area contributed by atoms with Gasteiger partial charge in [0.15, 0.2) is 0 Å². The lowest BCUT2D eigenvalue weighted by molar-refractivity contribution is -0.384. The summed E-state index contributed by atoms with van der Waals surface area (Å²) < 4.78 is 0. The quantitative estimate of drug-likeness (QED) is 0.681. The van der Waals surface area contributed by atoms with Crippen LogP contribution in [0.4, 0.5) is 11.4 Å². The number of non-ortho nitro benzene ring substituents is 1. The molecule has 1 N–H and O–H groups in total. The molecular formula is C15H19N3O4. The number of hydrogen-bond acceptors (Lipinski definition) is 4. The van der Waals surface area contributed by atoms with Gasteiger partial charge in [0.1, 0.15) is 0 Å². The highest BCUT2D eigenvalue weighted by atomic mass is 16.6. The average Bonchev–Trinajstić information content (AvgIpc) is 2.83. The van der Waals surface area contributed by atoms with Crippen molar-refractivity contribution in [3.63, 3.8) is 0 Å². The molecule has 1 atom stereocenters. The fourth-order valence-corrected chi connectivity index (χ4v) is 2.50. The van der Waals surface area contributed by atoms with Crippen LogP contribution in [0.2, 0.25) is 0 Å². The fraction of sp³-hybridized carbons (Fsp3) is 0.467. The Morgan fingerprint density at radius 2 is 2.14 bits per heavy atom.